The minimum atomic E-state index is 0.898. The zero-order chi connectivity index (χ0) is 17.3. The quantitative estimate of drug-likeness (QED) is 0.571. The molecule has 0 unspecified atom stereocenters. The van der Waals surface area contributed by atoms with Gasteiger partial charge in [-0.2, -0.15) is 0 Å². The van der Waals surface area contributed by atoms with Crippen LogP contribution >= 0.6 is 0 Å². The maximum Gasteiger partial charge on any atom is 0.160 e. The van der Waals surface area contributed by atoms with Gasteiger partial charge in [-0.1, -0.05) is 18.2 Å². The minimum Gasteiger partial charge on any atom is -0.324 e. The lowest BCUT2D eigenvalue weighted by molar-refractivity contribution is 0.817. The fraction of sp³-hybridized carbons (Fsp3) is 0.300. The van der Waals surface area contributed by atoms with E-state index in [1.807, 2.05) is 14.1 Å². The van der Waals surface area contributed by atoms with Crippen molar-refractivity contribution in [1.82, 2.24) is 19.9 Å². The zero-order valence-electron chi connectivity index (χ0n) is 15.0. The van der Waals surface area contributed by atoms with Crippen LogP contribution in [0.4, 0.5) is 0 Å². The van der Waals surface area contributed by atoms with Gasteiger partial charge in [0.15, 0.2) is 5.65 Å². The Labute approximate surface area is 142 Å². The first-order valence-electron chi connectivity index (χ1n) is 8.35. The molecule has 2 aromatic carbocycles. The van der Waals surface area contributed by atoms with Crippen LogP contribution in [0.1, 0.15) is 18.1 Å². The number of benzene rings is 2. The first-order valence-corrected chi connectivity index (χ1v) is 8.35. The van der Waals surface area contributed by atoms with Gasteiger partial charge in [-0.25, -0.2) is 9.97 Å². The van der Waals surface area contributed by atoms with E-state index in [1.165, 1.54) is 22.0 Å². The van der Waals surface area contributed by atoms with Gasteiger partial charge in [-0.05, 0) is 64.2 Å². The third-order valence-electron chi connectivity index (χ3n) is 4.28. The maximum atomic E-state index is 4.89. The van der Waals surface area contributed by atoms with Gasteiger partial charge in [0.25, 0.3) is 0 Å². The highest BCUT2D eigenvalue weighted by Gasteiger charge is 2.13. The number of aromatic nitrogens is 3. The maximum absolute atomic E-state index is 4.89. The molecule has 2 aromatic heterocycles. The van der Waals surface area contributed by atoms with E-state index in [9.17, 15) is 0 Å². The Morgan fingerprint density at radius 3 is 2.17 bits per heavy atom. The summed E-state index contributed by atoms with van der Waals surface area (Å²) in [5.74, 6) is 0. The second kappa shape index (κ2) is 6.57. The lowest BCUT2D eigenvalue weighted by atomic mass is 10.1. The van der Waals surface area contributed by atoms with Crippen LogP contribution in [0.5, 0.6) is 0 Å². The lowest BCUT2D eigenvalue weighted by Crippen LogP contribution is -1.96. The first kappa shape index (κ1) is 16.4. The largest absolute Gasteiger partial charge is 0.324 e. The number of aryl methyl sites for hydroxylation is 3. The standard InChI is InChI=1S/C18H17N3.C2H7N/c1-4-21-16-8-6-5-7-13(16)17-18(21)20-15-10-12(3)11(2)9-14(15)19-17;1-3-2/h5-10H,4H2,1-3H3;3H,1-2H3. The fourth-order valence-corrected chi connectivity index (χ4v) is 3.01. The molecule has 24 heavy (non-hydrogen) atoms. The van der Waals surface area contributed by atoms with Gasteiger partial charge < -0.3 is 9.88 Å². The molecule has 0 bridgehead atoms. The summed E-state index contributed by atoms with van der Waals surface area (Å²) < 4.78 is 2.24. The van der Waals surface area contributed by atoms with Crippen LogP contribution in [0.15, 0.2) is 36.4 Å². The van der Waals surface area contributed by atoms with E-state index in [0.29, 0.717) is 0 Å². The van der Waals surface area contributed by atoms with Gasteiger partial charge in [0.2, 0.25) is 0 Å². The molecule has 124 valence electrons. The summed E-state index contributed by atoms with van der Waals surface area (Å²) >= 11 is 0. The van der Waals surface area contributed by atoms with E-state index in [4.69, 9.17) is 9.97 Å². The molecule has 0 spiro atoms. The summed E-state index contributed by atoms with van der Waals surface area (Å²) in [6.45, 7) is 7.29. The monoisotopic (exact) mass is 320 g/mol. The van der Waals surface area contributed by atoms with Crippen LogP contribution in [0, 0.1) is 13.8 Å². The molecule has 4 heteroatoms. The number of hydrogen-bond donors (Lipinski definition) is 1. The van der Waals surface area contributed by atoms with Crippen molar-refractivity contribution in [3.8, 4) is 0 Å². The average molecular weight is 320 g/mol. The average Bonchev–Trinajstić information content (AvgIpc) is 2.88. The van der Waals surface area contributed by atoms with Gasteiger partial charge in [0, 0.05) is 11.9 Å². The number of rotatable bonds is 1. The smallest absolute Gasteiger partial charge is 0.160 e. The molecular weight excluding hydrogens is 296 g/mol. The molecule has 4 aromatic rings. The lowest BCUT2D eigenvalue weighted by Gasteiger charge is -2.05. The summed E-state index contributed by atoms with van der Waals surface area (Å²) in [5, 5.41) is 3.93. The van der Waals surface area contributed by atoms with Crippen LogP contribution in [0.2, 0.25) is 0 Å². The van der Waals surface area contributed by atoms with Crippen molar-refractivity contribution in [1.29, 1.82) is 0 Å². The van der Waals surface area contributed by atoms with Crippen LogP contribution in [-0.4, -0.2) is 28.6 Å². The molecular formula is C20H24N4. The summed E-state index contributed by atoms with van der Waals surface area (Å²) in [6.07, 6.45) is 0. The van der Waals surface area contributed by atoms with E-state index in [0.717, 1.165) is 28.7 Å². The molecule has 0 amide bonds. The molecule has 0 aliphatic rings. The van der Waals surface area contributed by atoms with Crippen LogP contribution in [0.25, 0.3) is 33.1 Å². The zero-order valence-corrected chi connectivity index (χ0v) is 15.0. The van der Waals surface area contributed by atoms with E-state index in [2.05, 4.69) is 67.1 Å². The Bertz CT molecular complexity index is 1010. The van der Waals surface area contributed by atoms with E-state index in [-0.39, 0.29) is 0 Å². The number of nitrogens with one attached hydrogen (secondary N) is 1. The fourth-order valence-electron chi connectivity index (χ4n) is 3.01. The highest BCUT2D eigenvalue weighted by Crippen LogP contribution is 2.28. The number of hydrogen-bond acceptors (Lipinski definition) is 3. The summed E-state index contributed by atoms with van der Waals surface area (Å²) in [7, 11) is 3.75. The summed E-state index contributed by atoms with van der Waals surface area (Å²) in [5.41, 5.74) is 7.66. The van der Waals surface area contributed by atoms with Gasteiger partial charge in [0.1, 0.15) is 5.52 Å². The molecule has 0 aliphatic heterocycles. The van der Waals surface area contributed by atoms with Gasteiger partial charge in [-0.15, -0.1) is 0 Å². The molecule has 4 nitrogen and oxygen atoms in total. The van der Waals surface area contributed by atoms with Gasteiger partial charge in [-0.3, -0.25) is 0 Å². The minimum absolute atomic E-state index is 0.898. The van der Waals surface area contributed by atoms with Gasteiger partial charge >= 0.3 is 0 Å². The van der Waals surface area contributed by atoms with Crippen molar-refractivity contribution in [3.05, 3.63) is 47.5 Å². The Hall–Kier alpha value is -2.46. The third kappa shape index (κ3) is 2.63. The van der Waals surface area contributed by atoms with Crippen molar-refractivity contribution in [2.75, 3.05) is 14.1 Å². The molecule has 0 saturated carbocycles. The first-order chi connectivity index (χ1) is 11.6. The topological polar surface area (TPSA) is 42.7 Å². The summed E-state index contributed by atoms with van der Waals surface area (Å²) in [6, 6.07) is 12.7. The molecule has 1 N–H and O–H groups in total. The van der Waals surface area contributed by atoms with Crippen LogP contribution in [-0.2, 0) is 6.54 Å². The SMILES string of the molecule is CCn1c2ccccc2c2nc3cc(C)c(C)cc3nc21.CNC. The normalized spacial score (nSPS) is 11.0. The molecule has 0 aliphatic carbocycles. The molecule has 2 heterocycles. The van der Waals surface area contributed by atoms with Crippen molar-refractivity contribution >= 4 is 33.1 Å². The highest BCUT2D eigenvalue weighted by atomic mass is 15.1. The molecule has 0 radical (unpaired) electrons. The van der Waals surface area contributed by atoms with Gasteiger partial charge in [0.05, 0.1) is 16.6 Å². The number of para-hydroxylation sites is 1. The van der Waals surface area contributed by atoms with Crippen molar-refractivity contribution in [2.45, 2.75) is 27.3 Å². The number of fused-ring (bicyclic) bond motifs is 4. The molecule has 0 fully saturated rings. The van der Waals surface area contributed by atoms with Crippen LogP contribution in [0.3, 0.4) is 0 Å². The highest BCUT2D eigenvalue weighted by molar-refractivity contribution is 6.06. The predicted octanol–water partition coefficient (Wildman–Crippen LogP) is 4.21. The van der Waals surface area contributed by atoms with E-state index >= 15 is 0 Å². The summed E-state index contributed by atoms with van der Waals surface area (Å²) in [4.78, 5) is 9.78. The van der Waals surface area contributed by atoms with Crippen molar-refractivity contribution < 1.29 is 0 Å². The Kier molecular flexibility index (Phi) is 4.49. The van der Waals surface area contributed by atoms with Crippen LogP contribution < -0.4 is 5.32 Å². The van der Waals surface area contributed by atoms with E-state index < -0.39 is 0 Å². The molecule has 0 saturated heterocycles. The predicted molar refractivity (Wildman–Crippen MR) is 103 cm³/mol. The number of nitrogens with zero attached hydrogens (tertiary/aromatic N) is 3. The second-order valence-electron chi connectivity index (χ2n) is 6.08. The Morgan fingerprint density at radius 2 is 1.54 bits per heavy atom. The Balaban J connectivity index is 0.000000526. The molecule has 0 atom stereocenters. The molecule has 4 rings (SSSR count). The second-order valence-corrected chi connectivity index (χ2v) is 6.08. The Morgan fingerprint density at radius 1 is 0.958 bits per heavy atom. The third-order valence-corrected chi connectivity index (χ3v) is 4.28. The van der Waals surface area contributed by atoms with Crippen molar-refractivity contribution in [2.24, 2.45) is 0 Å². The van der Waals surface area contributed by atoms with Crippen molar-refractivity contribution in [3.63, 3.8) is 0 Å². The van der Waals surface area contributed by atoms with E-state index in [1.54, 1.807) is 0 Å².